The molecule has 2 aromatic rings. The lowest BCUT2D eigenvalue weighted by Gasteiger charge is -1.97. The van der Waals surface area contributed by atoms with Crippen LogP contribution >= 0.6 is 0 Å². The Bertz CT molecular complexity index is 630. The van der Waals surface area contributed by atoms with Crippen molar-refractivity contribution < 1.29 is 14.5 Å². The van der Waals surface area contributed by atoms with Gasteiger partial charge in [-0.25, -0.2) is 4.79 Å². The summed E-state index contributed by atoms with van der Waals surface area (Å²) in [6, 6.07) is 4.46. The van der Waals surface area contributed by atoms with Crippen LogP contribution in [0.15, 0.2) is 18.2 Å². The number of rotatable bonds is 3. The molecule has 6 heteroatoms. The Balaban J connectivity index is 2.54. The highest BCUT2D eigenvalue weighted by molar-refractivity contribution is 5.96. The van der Waals surface area contributed by atoms with Crippen molar-refractivity contribution in [2.45, 2.75) is 13.8 Å². The summed E-state index contributed by atoms with van der Waals surface area (Å²) < 4.78 is 4.87. The molecule has 0 bridgehead atoms. The van der Waals surface area contributed by atoms with Gasteiger partial charge in [0.2, 0.25) is 0 Å². The van der Waals surface area contributed by atoms with Crippen LogP contribution < -0.4 is 0 Å². The summed E-state index contributed by atoms with van der Waals surface area (Å²) in [6.45, 7) is 3.75. The van der Waals surface area contributed by atoms with Crippen LogP contribution in [-0.4, -0.2) is 22.5 Å². The smallest absolute Gasteiger partial charge is 0.354 e. The molecule has 1 heterocycles. The highest BCUT2D eigenvalue weighted by Gasteiger charge is 2.15. The van der Waals surface area contributed by atoms with E-state index in [1.807, 2.05) is 0 Å². The van der Waals surface area contributed by atoms with Gasteiger partial charge in [-0.1, -0.05) is 0 Å². The number of carbonyl (C=O) groups is 1. The minimum absolute atomic E-state index is 0.00871. The van der Waals surface area contributed by atoms with E-state index in [4.69, 9.17) is 4.74 Å². The third-order valence-electron chi connectivity index (χ3n) is 2.62. The molecule has 0 spiro atoms. The van der Waals surface area contributed by atoms with Crippen LogP contribution in [0.3, 0.4) is 0 Å². The van der Waals surface area contributed by atoms with Crippen molar-refractivity contribution in [3.63, 3.8) is 0 Å². The summed E-state index contributed by atoms with van der Waals surface area (Å²) >= 11 is 0. The lowest BCUT2D eigenvalue weighted by molar-refractivity contribution is -0.384. The monoisotopic (exact) mass is 248 g/mol. The predicted molar refractivity (Wildman–Crippen MR) is 65.6 cm³/mol. The molecule has 0 saturated carbocycles. The number of nitrogens with one attached hydrogen (secondary N) is 1. The highest BCUT2D eigenvalue weighted by atomic mass is 16.6. The van der Waals surface area contributed by atoms with Gasteiger partial charge in [-0.2, -0.15) is 0 Å². The molecular formula is C12H12N2O4. The Labute approximate surface area is 103 Å². The molecule has 0 radical (unpaired) electrons. The second-order valence-corrected chi connectivity index (χ2v) is 3.89. The van der Waals surface area contributed by atoms with Crippen LogP contribution in [0.5, 0.6) is 0 Å². The molecular weight excluding hydrogens is 236 g/mol. The van der Waals surface area contributed by atoms with Gasteiger partial charge in [-0.3, -0.25) is 10.1 Å². The Morgan fingerprint density at radius 1 is 1.44 bits per heavy atom. The van der Waals surface area contributed by atoms with Crippen LogP contribution in [0.25, 0.3) is 10.9 Å². The Kier molecular flexibility index (Phi) is 3.01. The SMILES string of the molecule is CCOC(=O)c1cc2cc([N+](=O)[O-])cc(C)c2[nH]1. The average Bonchev–Trinajstić information content (AvgIpc) is 2.73. The molecule has 0 aliphatic heterocycles. The largest absolute Gasteiger partial charge is 0.461 e. The van der Waals surface area contributed by atoms with Gasteiger partial charge in [0, 0.05) is 23.0 Å². The predicted octanol–water partition coefficient (Wildman–Crippen LogP) is 2.56. The minimum Gasteiger partial charge on any atom is -0.461 e. The van der Waals surface area contributed by atoms with E-state index in [0.29, 0.717) is 16.6 Å². The number of nitro benzene ring substituents is 1. The van der Waals surface area contributed by atoms with Gasteiger partial charge in [0.25, 0.3) is 5.69 Å². The maximum Gasteiger partial charge on any atom is 0.354 e. The fourth-order valence-corrected chi connectivity index (χ4v) is 1.83. The number of nitrogens with zero attached hydrogens (tertiary/aromatic N) is 1. The van der Waals surface area contributed by atoms with Crippen molar-refractivity contribution in [3.05, 3.63) is 39.6 Å². The van der Waals surface area contributed by atoms with Gasteiger partial charge < -0.3 is 9.72 Å². The molecule has 0 fully saturated rings. The Morgan fingerprint density at radius 3 is 2.78 bits per heavy atom. The zero-order chi connectivity index (χ0) is 13.3. The molecule has 1 N–H and O–H groups in total. The molecule has 0 amide bonds. The molecule has 0 aliphatic carbocycles. The van der Waals surface area contributed by atoms with Crippen LogP contribution in [0.1, 0.15) is 23.0 Å². The van der Waals surface area contributed by atoms with E-state index in [1.165, 1.54) is 12.1 Å². The first-order chi connectivity index (χ1) is 8.52. The van der Waals surface area contributed by atoms with E-state index in [1.54, 1.807) is 19.9 Å². The first-order valence-electron chi connectivity index (χ1n) is 5.47. The molecule has 0 aliphatic rings. The number of non-ortho nitro benzene ring substituents is 1. The van der Waals surface area contributed by atoms with E-state index >= 15 is 0 Å². The Hall–Kier alpha value is -2.37. The summed E-state index contributed by atoms with van der Waals surface area (Å²) in [6.07, 6.45) is 0. The molecule has 0 atom stereocenters. The van der Waals surface area contributed by atoms with Crippen LogP contribution in [0.2, 0.25) is 0 Å². The second kappa shape index (κ2) is 4.48. The topological polar surface area (TPSA) is 85.2 Å². The third-order valence-corrected chi connectivity index (χ3v) is 2.62. The standard InChI is InChI=1S/C12H12N2O4/c1-3-18-12(15)10-6-8-5-9(14(16)17)4-7(2)11(8)13-10/h4-6,13H,3H2,1-2H3. The summed E-state index contributed by atoms with van der Waals surface area (Å²) in [5, 5.41) is 11.4. The van der Waals surface area contributed by atoms with E-state index in [0.717, 1.165) is 5.56 Å². The highest BCUT2D eigenvalue weighted by Crippen LogP contribution is 2.25. The van der Waals surface area contributed by atoms with Crippen molar-refractivity contribution in [2.24, 2.45) is 0 Å². The minimum atomic E-state index is -0.462. The maximum absolute atomic E-state index is 11.6. The van der Waals surface area contributed by atoms with E-state index in [-0.39, 0.29) is 12.3 Å². The molecule has 1 aromatic carbocycles. The molecule has 0 unspecified atom stereocenters. The number of aromatic amines is 1. The Morgan fingerprint density at radius 2 is 2.17 bits per heavy atom. The maximum atomic E-state index is 11.6. The zero-order valence-corrected chi connectivity index (χ0v) is 10.0. The number of H-pyrrole nitrogens is 1. The van der Waals surface area contributed by atoms with Gasteiger partial charge in [0.05, 0.1) is 11.5 Å². The van der Waals surface area contributed by atoms with Gasteiger partial charge in [0.1, 0.15) is 5.69 Å². The molecule has 0 saturated heterocycles. The van der Waals surface area contributed by atoms with Crippen LogP contribution in [0.4, 0.5) is 5.69 Å². The summed E-state index contributed by atoms with van der Waals surface area (Å²) in [4.78, 5) is 24.8. The fraction of sp³-hybridized carbons (Fsp3) is 0.250. The molecule has 1 aromatic heterocycles. The molecule has 6 nitrogen and oxygen atoms in total. The number of fused-ring (bicyclic) bond motifs is 1. The van der Waals surface area contributed by atoms with E-state index in [9.17, 15) is 14.9 Å². The van der Waals surface area contributed by atoms with Crippen molar-refractivity contribution in [3.8, 4) is 0 Å². The quantitative estimate of drug-likeness (QED) is 0.514. The van der Waals surface area contributed by atoms with E-state index < -0.39 is 10.9 Å². The van der Waals surface area contributed by atoms with E-state index in [2.05, 4.69) is 4.98 Å². The second-order valence-electron chi connectivity index (χ2n) is 3.89. The fourth-order valence-electron chi connectivity index (χ4n) is 1.83. The number of aryl methyl sites for hydroxylation is 1. The summed E-state index contributed by atoms with van der Waals surface area (Å²) in [7, 11) is 0. The third kappa shape index (κ3) is 2.04. The average molecular weight is 248 g/mol. The van der Waals surface area contributed by atoms with Gasteiger partial charge >= 0.3 is 5.97 Å². The number of carbonyl (C=O) groups excluding carboxylic acids is 1. The van der Waals surface area contributed by atoms with Gasteiger partial charge in [0.15, 0.2) is 0 Å². The first-order valence-corrected chi connectivity index (χ1v) is 5.47. The van der Waals surface area contributed by atoms with Gasteiger partial charge in [-0.15, -0.1) is 0 Å². The summed E-state index contributed by atoms with van der Waals surface area (Å²) in [5.74, 6) is -0.462. The normalized spacial score (nSPS) is 10.6. The molecule has 2 rings (SSSR count). The molecule has 94 valence electrons. The number of nitro groups is 1. The van der Waals surface area contributed by atoms with Crippen molar-refractivity contribution in [2.75, 3.05) is 6.61 Å². The van der Waals surface area contributed by atoms with Crippen molar-refractivity contribution in [1.82, 2.24) is 4.98 Å². The lowest BCUT2D eigenvalue weighted by atomic mass is 10.1. The number of ether oxygens (including phenoxy) is 1. The van der Waals surface area contributed by atoms with Crippen molar-refractivity contribution in [1.29, 1.82) is 0 Å². The lowest BCUT2D eigenvalue weighted by Crippen LogP contribution is -2.04. The van der Waals surface area contributed by atoms with Crippen molar-refractivity contribution >= 4 is 22.6 Å². The first kappa shape index (κ1) is 12.1. The molecule has 18 heavy (non-hydrogen) atoms. The number of esters is 1. The van der Waals surface area contributed by atoms with Crippen LogP contribution in [-0.2, 0) is 4.74 Å². The number of hydrogen-bond donors (Lipinski definition) is 1. The number of aromatic nitrogens is 1. The van der Waals surface area contributed by atoms with Gasteiger partial charge in [-0.05, 0) is 25.5 Å². The zero-order valence-electron chi connectivity index (χ0n) is 10.0. The van der Waals surface area contributed by atoms with Crippen LogP contribution in [0, 0.1) is 17.0 Å². The summed E-state index contributed by atoms with van der Waals surface area (Å²) in [5.41, 5.74) is 1.74. The number of benzene rings is 1. The number of hydrogen-bond acceptors (Lipinski definition) is 4.